The number of carbonyl (C=O) groups excluding carboxylic acids is 1. The van der Waals surface area contributed by atoms with Gasteiger partial charge in [0.05, 0.1) is 12.1 Å². The summed E-state index contributed by atoms with van der Waals surface area (Å²) in [4.78, 5) is 20.5. The Hall–Kier alpha value is -1.40. The minimum atomic E-state index is -0.111. The quantitative estimate of drug-likeness (QED) is 0.874. The predicted molar refractivity (Wildman–Crippen MR) is 74.0 cm³/mol. The average molecular weight is 279 g/mol. The highest BCUT2D eigenvalue weighted by Crippen LogP contribution is 2.16. The van der Waals surface area contributed by atoms with Crippen molar-refractivity contribution < 1.29 is 4.79 Å². The van der Waals surface area contributed by atoms with E-state index in [2.05, 4.69) is 15.3 Å². The predicted octanol–water partition coefficient (Wildman–Crippen LogP) is 2.50. The Morgan fingerprint density at radius 2 is 2.39 bits per heavy atom. The van der Waals surface area contributed by atoms with Crippen LogP contribution in [0, 0.1) is 6.92 Å². The number of nitrogens with one attached hydrogen (secondary N) is 1. The van der Waals surface area contributed by atoms with Gasteiger partial charge in [-0.15, -0.1) is 23.1 Å². The topological polar surface area (TPSA) is 54.9 Å². The fourth-order valence-corrected chi connectivity index (χ4v) is 2.72. The van der Waals surface area contributed by atoms with Crippen LogP contribution in [0.2, 0.25) is 0 Å². The van der Waals surface area contributed by atoms with Crippen molar-refractivity contribution in [3.05, 3.63) is 40.0 Å². The second-order valence-corrected chi connectivity index (χ2v) is 5.36. The third kappa shape index (κ3) is 3.08. The van der Waals surface area contributed by atoms with Crippen molar-refractivity contribution in [3.63, 3.8) is 0 Å². The number of hydrogen-bond acceptors (Lipinski definition) is 5. The zero-order valence-corrected chi connectivity index (χ0v) is 11.8. The molecule has 1 amide bonds. The van der Waals surface area contributed by atoms with Crippen LogP contribution in [0.5, 0.6) is 0 Å². The number of hydrogen-bond donors (Lipinski definition) is 1. The summed E-state index contributed by atoms with van der Waals surface area (Å²) in [5.41, 5.74) is 1.59. The summed E-state index contributed by atoms with van der Waals surface area (Å²) in [5, 5.41) is 6.48. The Bertz CT molecular complexity index is 554. The van der Waals surface area contributed by atoms with Gasteiger partial charge < -0.3 is 5.32 Å². The van der Waals surface area contributed by atoms with Crippen molar-refractivity contribution in [1.29, 1.82) is 0 Å². The molecular weight excluding hydrogens is 266 g/mol. The summed E-state index contributed by atoms with van der Waals surface area (Å²) in [6, 6.07) is 3.55. The Labute approximate surface area is 114 Å². The number of pyridine rings is 1. The summed E-state index contributed by atoms with van der Waals surface area (Å²) in [5.74, 6) is -0.111. The van der Waals surface area contributed by atoms with Gasteiger partial charge in [0.15, 0.2) is 0 Å². The largest absolute Gasteiger partial charge is 0.345 e. The van der Waals surface area contributed by atoms with Crippen LogP contribution in [0.25, 0.3) is 0 Å². The lowest BCUT2D eigenvalue weighted by Gasteiger charge is -2.06. The monoisotopic (exact) mass is 279 g/mol. The Kier molecular flexibility index (Phi) is 4.33. The van der Waals surface area contributed by atoms with Crippen molar-refractivity contribution >= 4 is 29.0 Å². The molecule has 2 aromatic heterocycles. The Morgan fingerprint density at radius 1 is 1.56 bits per heavy atom. The van der Waals surface area contributed by atoms with Crippen LogP contribution < -0.4 is 5.32 Å². The number of nitrogens with zero attached hydrogens (tertiary/aromatic N) is 2. The van der Waals surface area contributed by atoms with Crippen molar-refractivity contribution in [2.24, 2.45) is 0 Å². The van der Waals surface area contributed by atoms with Crippen molar-refractivity contribution in [2.45, 2.75) is 18.5 Å². The van der Waals surface area contributed by atoms with Gasteiger partial charge in [0, 0.05) is 17.3 Å². The minimum absolute atomic E-state index is 0.111. The molecule has 0 unspecified atom stereocenters. The number of thioether (sulfide) groups is 1. The molecule has 0 radical (unpaired) electrons. The molecule has 2 heterocycles. The molecule has 1 N–H and O–H groups in total. The molecule has 0 aromatic carbocycles. The van der Waals surface area contributed by atoms with Crippen molar-refractivity contribution in [3.8, 4) is 0 Å². The van der Waals surface area contributed by atoms with Gasteiger partial charge in [0.25, 0.3) is 5.91 Å². The fourth-order valence-electron chi connectivity index (χ4n) is 1.46. The summed E-state index contributed by atoms with van der Waals surface area (Å²) in [6.45, 7) is 2.40. The molecule has 0 aliphatic carbocycles. The van der Waals surface area contributed by atoms with E-state index in [9.17, 15) is 4.79 Å². The zero-order valence-electron chi connectivity index (χ0n) is 10.1. The van der Waals surface area contributed by atoms with Crippen LogP contribution in [0.4, 0.5) is 0 Å². The van der Waals surface area contributed by atoms with Gasteiger partial charge in [0.2, 0.25) is 0 Å². The van der Waals surface area contributed by atoms with Crippen LogP contribution in [0.15, 0.2) is 28.7 Å². The second kappa shape index (κ2) is 5.97. The normalized spacial score (nSPS) is 10.3. The van der Waals surface area contributed by atoms with E-state index in [1.807, 2.05) is 18.6 Å². The Balaban J connectivity index is 2.03. The summed E-state index contributed by atoms with van der Waals surface area (Å²) in [6.07, 6.45) is 3.59. The van der Waals surface area contributed by atoms with Crippen LogP contribution in [0.3, 0.4) is 0 Å². The van der Waals surface area contributed by atoms with E-state index >= 15 is 0 Å². The summed E-state index contributed by atoms with van der Waals surface area (Å²) < 4.78 is 0. The van der Waals surface area contributed by atoms with E-state index < -0.39 is 0 Å². The molecule has 0 aliphatic heterocycles. The molecular formula is C12H13N3OS2. The maximum Gasteiger partial charge on any atom is 0.254 e. The molecule has 6 heteroatoms. The highest BCUT2D eigenvalue weighted by atomic mass is 32.2. The number of amides is 1. The number of carbonyl (C=O) groups is 1. The first-order valence-electron chi connectivity index (χ1n) is 5.39. The van der Waals surface area contributed by atoms with Crippen molar-refractivity contribution in [1.82, 2.24) is 15.3 Å². The molecule has 4 nitrogen and oxygen atoms in total. The van der Waals surface area contributed by atoms with E-state index in [-0.39, 0.29) is 5.91 Å². The molecule has 0 atom stereocenters. The van der Waals surface area contributed by atoms with E-state index in [4.69, 9.17) is 0 Å². The highest BCUT2D eigenvalue weighted by molar-refractivity contribution is 7.98. The lowest BCUT2D eigenvalue weighted by Crippen LogP contribution is -2.23. The second-order valence-electron chi connectivity index (χ2n) is 3.63. The van der Waals surface area contributed by atoms with E-state index in [0.717, 1.165) is 15.7 Å². The lowest BCUT2D eigenvalue weighted by atomic mass is 10.2. The van der Waals surface area contributed by atoms with Gasteiger partial charge in [0.1, 0.15) is 10.0 Å². The van der Waals surface area contributed by atoms with Crippen LogP contribution in [-0.4, -0.2) is 22.1 Å². The van der Waals surface area contributed by atoms with Gasteiger partial charge in [-0.3, -0.25) is 4.79 Å². The first-order valence-corrected chi connectivity index (χ1v) is 7.49. The molecule has 0 bridgehead atoms. The summed E-state index contributed by atoms with van der Waals surface area (Å²) in [7, 11) is 0. The molecule has 0 saturated heterocycles. The zero-order chi connectivity index (χ0) is 13.0. The molecule has 0 fully saturated rings. The van der Waals surface area contributed by atoms with Crippen LogP contribution in [0.1, 0.15) is 21.1 Å². The number of thiazole rings is 1. The summed E-state index contributed by atoms with van der Waals surface area (Å²) >= 11 is 3.01. The molecule has 2 aromatic rings. The molecule has 94 valence electrons. The maximum atomic E-state index is 12.0. The molecule has 18 heavy (non-hydrogen) atoms. The molecule has 0 spiro atoms. The van der Waals surface area contributed by atoms with Crippen LogP contribution >= 0.6 is 23.1 Å². The van der Waals surface area contributed by atoms with E-state index in [0.29, 0.717) is 12.1 Å². The Morgan fingerprint density at radius 3 is 3.06 bits per heavy atom. The van der Waals surface area contributed by atoms with Gasteiger partial charge in [-0.2, -0.15) is 0 Å². The van der Waals surface area contributed by atoms with Gasteiger partial charge in [-0.05, 0) is 25.3 Å². The average Bonchev–Trinajstić information content (AvgIpc) is 2.81. The van der Waals surface area contributed by atoms with Gasteiger partial charge in [-0.1, -0.05) is 0 Å². The van der Waals surface area contributed by atoms with Crippen LogP contribution in [-0.2, 0) is 6.54 Å². The molecule has 0 saturated carbocycles. The maximum absolute atomic E-state index is 12.0. The van der Waals surface area contributed by atoms with Crippen molar-refractivity contribution in [2.75, 3.05) is 6.26 Å². The van der Waals surface area contributed by atoms with E-state index in [1.165, 1.54) is 11.8 Å². The first kappa shape index (κ1) is 13.0. The molecule has 0 aliphatic rings. The fraction of sp³-hybridized carbons (Fsp3) is 0.250. The smallest absolute Gasteiger partial charge is 0.254 e. The van der Waals surface area contributed by atoms with Gasteiger partial charge >= 0.3 is 0 Å². The van der Waals surface area contributed by atoms with Gasteiger partial charge in [-0.25, -0.2) is 9.97 Å². The number of rotatable bonds is 4. The minimum Gasteiger partial charge on any atom is -0.345 e. The molecule has 2 rings (SSSR count). The first-order chi connectivity index (χ1) is 8.70. The SMILES string of the molecule is CSc1ncccc1C(=O)NCc1nc(C)cs1. The lowest BCUT2D eigenvalue weighted by molar-refractivity contribution is 0.0947. The third-order valence-corrected chi connectivity index (χ3v) is 3.95. The number of aromatic nitrogens is 2. The van der Waals surface area contributed by atoms with E-state index in [1.54, 1.807) is 29.7 Å². The standard InChI is InChI=1S/C12H13N3OS2/c1-8-7-18-10(15-8)6-14-11(16)9-4-3-5-13-12(9)17-2/h3-5,7H,6H2,1-2H3,(H,14,16). The third-order valence-electron chi connectivity index (χ3n) is 2.28. The number of aryl methyl sites for hydroxylation is 1. The highest BCUT2D eigenvalue weighted by Gasteiger charge is 2.11.